The molecule has 2 aliphatic heterocycles. The first-order valence-corrected chi connectivity index (χ1v) is 9.26. The molecule has 0 aliphatic carbocycles. The highest BCUT2D eigenvalue weighted by molar-refractivity contribution is 5.37. The maximum absolute atomic E-state index is 5.60. The monoisotopic (exact) mass is 341 g/mol. The normalized spacial score (nSPS) is 21.1. The van der Waals surface area contributed by atoms with Crippen LogP contribution in [-0.2, 0) is 19.5 Å². The van der Waals surface area contributed by atoms with E-state index in [9.17, 15) is 0 Å². The number of rotatable bonds is 4. The molecular weight excluding hydrogens is 314 g/mol. The number of hydrogen-bond acceptors (Lipinski definition) is 5. The van der Waals surface area contributed by atoms with Crippen molar-refractivity contribution in [2.24, 2.45) is 0 Å². The Morgan fingerprint density at radius 1 is 1.24 bits per heavy atom. The molecular formula is C19H27N5O. The van der Waals surface area contributed by atoms with Crippen LogP contribution >= 0.6 is 0 Å². The van der Waals surface area contributed by atoms with Crippen LogP contribution in [-0.4, -0.2) is 46.4 Å². The third-order valence-electron chi connectivity index (χ3n) is 5.37. The molecule has 3 heterocycles. The Bertz CT molecular complexity index is 741. The Morgan fingerprint density at radius 3 is 3.04 bits per heavy atom. The van der Waals surface area contributed by atoms with E-state index in [2.05, 4.69) is 50.1 Å². The van der Waals surface area contributed by atoms with E-state index >= 15 is 0 Å². The Labute approximate surface area is 149 Å². The van der Waals surface area contributed by atoms with Gasteiger partial charge in [-0.3, -0.25) is 4.90 Å². The third-order valence-corrected chi connectivity index (χ3v) is 5.37. The first kappa shape index (κ1) is 16.5. The molecule has 6 heteroatoms. The predicted octanol–water partition coefficient (Wildman–Crippen LogP) is 2.08. The second kappa shape index (κ2) is 7.14. The number of nitrogens with one attached hydrogen (secondary N) is 1. The van der Waals surface area contributed by atoms with Gasteiger partial charge in [-0.1, -0.05) is 12.1 Å². The van der Waals surface area contributed by atoms with Crippen molar-refractivity contribution < 1.29 is 4.74 Å². The zero-order chi connectivity index (χ0) is 17.2. The number of benzene rings is 1. The van der Waals surface area contributed by atoms with Gasteiger partial charge in [0, 0.05) is 38.2 Å². The van der Waals surface area contributed by atoms with E-state index in [1.807, 2.05) is 0 Å². The van der Waals surface area contributed by atoms with Crippen LogP contribution in [0.25, 0.3) is 0 Å². The Morgan fingerprint density at radius 2 is 2.16 bits per heavy atom. The smallest absolute Gasteiger partial charge is 0.150 e. The summed E-state index contributed by atoms with van der Waals surface area (Å²) in [6.07, 6.45) is 3.32. The molecule has 25 heavy (non-hydrogen) atoms. The van der Waals surface area contributed by atoms with Gasteiger partial charge in [-0.05, 0) is 37.9 Å². The Hall–Kier alpha value is -1.92. The van der Waals surface area contributed by atoms with Crippen LogP contribution in [0.3, 0.4) is 0 Å². The van der Waals surface area contributed by atoms with Crippen molar-refractivity contribution in [1.82, 2.24) is 25.0 Å². The number of methoxy groups -OCH3 is 1. The molecule has 4 rings (SSSR count). The first-order chi connectivity index (χ1) is 12.3. The summed E-state index contributed by atoms with van der Waals surface area (Å²) in [5.74, 6) is 3.25. The molecule has 0 unspecified atom stereocenters. The van der Waals surface area contributed by atoms with Crippen molar-refractivity contribution in [2.45, 2.75) is 45.3 Å². The maximum Gasteiger partial charge on any atom is 0.150 e. The van der Waals surface area contributed by atoms with Crippen molar-refractivity contribution in [2.75, 3.05) is 26.7 Å². The Balaban J connectivity index is 1.58. The summed E-state index contributed by atoms with van der Waals surface area (Å²) in [5, 5.41) is 12.5. The fourth-order valence-electron chi connectivity index (χ4n) is 4.05. The van der Waals surface area contributed by atoms with Crippen LogP contribution in [0, 0.1) is 6.92 Å². The molecule has 0 bridgehead atoms. The van der Waals surface area contributed by atoms with Crippen molar-refractivity contribution >= 4 is 0 Å². The molecule has 6 nitrogen and oxygen atoms in total. The molecule has 0 saturated carbocycles. The second-order valence-corrected chi connectivity index (χ2v) is 7.07. The SMILES string of the molecule is COc1cc(C)ccc1CN1CCC[C@H]1c1nnc2n1CCNCC2. The van der Waals surface area contributed by atoms with Crippen LogP contribution < -0.4 is 10.1 Å². The highest BCUT2D eigenvalue weighted by Gasteiger charge is 2.31. The van der Waals surface area contributed by atoms with E-state index in [-0.39, 0.29) is 0 Å². The van der Waals surface area contributed by atoms with Crippen LogP contribution in [0.15, 0.2) is 18.2 Å². The minimum Gasteiger partial charge on any atom is -0.496 e. The number of nitrogens with zero attached hydrogens (tertiary/aromatic N) is 4. The number of aromatic nitrogens is 3. The van der Waals surface area contributed by atoms with Gasteiger partial charge < -0.3 is 14.6 Å². The number of ether oxygens (including phenoxy) is 1. The van der Waals surface area contributed by atoms with Gasteiger partial charge in [-0.15, -0.1) is 10.2 Å². The average molecular weight is 341 g/mol. The van der Waals surface area contributed by atoms with Crippen molar-refractivity contribution in [3.63, 3.8) is 0 Å². The van der Waals surface area contributed by atoms with E-state index in [4.69, 9.17) is 4.74 Å². The van der Waals surface area contributed by atoms with Crippen LogP contribution in [0.4, 0.5) is 0 Å². The van der Waals surface area contributed by atoms with Gasteiger partial charge in [-0.2, -0.15) is 0 Å². The molecule has 1 atom stereocenters. The lowest BCUT2D eigenvalue weighted by atomic mass is 10.1. The minimum atomic E-state index is 0.352. The molecule has 0 spiro atoms. The lowest BCUT2D eigenvalue weighted by Crippen LogP contribution is -2.26. The molecule has 1 N–H and O–H groups in total. The van der Waals surface area contributed by atoms with Gasteiger partial charge in [-0.25, -0.2) is 0 Å². The largest absolute Gasteiger partial charge is 0.496 e. The van der Waals surface area contributed by atoms with Gasteiger partial charge in [0.05, 0.1) is 13.2 Å². The molecule has 134 valence electrons. The van der Waals surface area contributed by atoms with Crippen molar-refractivity contribution in [3.8, 4) is 5.75 Å². The quantitative estimate of drug-likeness (QED) is 0.923. The predicted molar refractivity (Wildman–Crippen MR) is 96.7 cm³/mol. The standard InChI is InChI=1S/C19H27N5O/c1-14-5-6-15(17(12-14)25-2)13-23-10-3-4-16(23)19-22-21-18-7-8-20-9-11-24(18)19/h5-6,12,16,20H,3-4,7-11,13H2,1-2H3/t16-/m0/s1. The summed E-state index contributed by atoms with van der Waals surface area (Å²) in [4.78, 5) is 2.53. The molecule has 0 amide bonds. The summed E-state index contributed by atoms with van der Waals surface area (Å²) >= 11 is 0. The summed E-state index contributed by atoms with van der Waals surface area (Å²) in [5.41, 5.74) is 2.48. The number of aryl methyl sites for hydroxylation is 1. The number of fused-ring (bicyclic) bond motifs is 1. The van der Waals surface area contributed by atoms with E-state index in [0.717, 1.165) is 63.0 Å². The molecule has 2 aliphatic rings. The lowest BCUT2D eigenvalue weighted by molar-refractivity contribution is 0.231. The average Bonchev–Trinajstić information content (AvgIpc) is 3.16. The topological polar surface area (TPSA) is 55.2 Å². The fourth-order valence-corrected chi connectivity index (χ4v) is 4.05. The third kappa shape index (κ3) is 3.28. The maximum atomic E-state index is 5.60. The van der Waals surface area contributed by atoms with E-state index in [1.165, 1.54) is 17.5 Å². The van der Waals surface area contributed by atoms with Gasteiger partial charge in [0.25, 0.3) is 0 Å². The number of likely N-dealkylation sites (tertiary alicyclic amines) is 1. The van der Waals surface area contributed by atoms with E-state index in [0.29, 0.717) is 6.04 Å². The zero-order valence-electron chi connectivity index (χ0n) is 15.2. The highest BCUT2D eigenvalue weighted by Crippen LogP contribution is 2.34. The van der Waals surface area contributed by atoms with E-state index < -0.39 is 0 Å². The van der Waals surface area contributed by atoms with Crippen LogP contribution in [0.2, 0.25) is 0 Å². The fraction of sp³-hybridized carbons (Fsp3) is 0.579. The molecule has 1 aromatic heterocycles. The lowest BCUT2D eigenvalue weighted by Gasteiger charge is -2.25. The van der Waals surface area contributed by atoms with Crippen molar-refractivity contribution in [3.05, 3.63) is 41.0 Å². The van der Waals surface area contributed by atoms with Crippen molar-refractivity contribution in [1.29, 1.82) is 0 Å². The molecule has 1 saturated heterocycles. The molecule has 1 fully saturated rings. The Kier molecular flexibility index (Phi) is 4.72. The zero-order valence-corrected chi connectivity index (χ0v) is 15.2. The summed E-state index contributed by atoms with van der Waals surface area (Å²) in [6.45, 7) is 7.06. The summed E-state index contributed by atoms with van der Waals surface area (Å²) < 4.78 is 7.94. The number of hydrogen-bond donors (Lipinski definition) is 1. The summed E-state index contributed by atoms with van der Waals surface area (Å²) in [7, 11) is 1.76. The second-order valence-electron chi connectivity index (χ2n) is 7.07. The van der Waals surface area contributed by atoms with Crippen LogP contribution in [0.1, 0.15) is 41.7 Å². The molecule has 1 aromatic carbocycles. The van der Waals surface area contributed by atoms with Gasteiger partial charge in [0.15, 0.2) is 0 Å². The minimum absolute atomic E-state index is 0.352. The molecule has 2 aromatic rings. The highest BCUT2D eigenvalue weighted by atomic mass is 16.5. The molecule has 0 radical (unpaired) electrons. The van der Waals surface area contributed by atoms with Crippen LogP contribution in [0.5, 0.6) is 5.75 Å². The van der Waals surface area contributed by atoms with Gasteiger partial charge >= 0.3 is 0 Å². The van der Waals surface area contributed by atoms with E-state index in [1.54, 1.807) is 7.11 Å². The van der Waals surface area contributed by atoms with Gasteiger partial charge in [0.2, 0.25) is 0 Å². The van der Waals surface area contributed by atoms with Gasteiger partial charge in [0.1, 0.15) is 17.4 Å². The summed E-state index contributed by atoms with van der Waals surface area (Å²) in [6, 6.07) is 6.83. The first-order valence-electron chi connectivity index (χ1n) is 9.26.